The summed E-state index contributed by atoms with van der Waals surface area (Å²) in [5, 5.41) is 5.89. The molecule has 2 aromatic rings. The summed E-state index contributed by atoms with van der Waals surface area (Å²) in [5.41, 5.74) is -0.271. The molecule has 1 heterocycles. The van der Waals surface area contributed by atoms with Gasteiger partial charge < -0.3 is 14.6 Å². The minimum absolute atomic E-state index is 0.165. The zero-order valence-electron chi connectivity index (χ0n) is 16.6. The highest BCUT2D eigenvalue weighted by molar-refractivity contribution is 8.00. The molecule has 2 rings (SSSR count). The number of Topliss-reactive ketones (excluding diaryl/α,β-unsaturated/α-hetero) is 1. The highest BCUT2D eigenvalue weighted by Crippen LogP contribution is 2.28. The van der Waals surface area contributed by atoms with E-state index in [4.69, 9.17) is 9.26 Å². The maximum absolute atomic E-state index is 12.4. The Morgan fingerprint density at radius 3 is 2.54 bits per heavy atom. The molecule has 1 N–H and O–H groups in total. The second kappa shape index (κ2) is 9.05. The van der Waals surface area contributed by atoms with Gasteiger partial charge in [0.1, 0.15) is 5.76 Å². The molecule has 7 nitrogen and oxygen atoms in total. The van der Waals surface area contributed by atoms with E-state index in [0.29, 0.717) is 22.0 Å². The monoisotopic (exact) mass is 404 g/mol. The number of hydrogen-bond donors (Lipinski definition) is 1. The highest BCUT2D eigenvalue weighted by atomic mass is 32.2. The Hall–Kier alpha value is -2.61. The van der Waals surface area contributed by atoms with E-state index in [1.54, 1.807) is 65.0 Å². The first-order valence-corrected chi connectivity index (χ1v) is 9.66. The predicted octanol–water partition coefficient (Wildman–Crippen LogP) is 3.87. The number of rotatable bonds is 7. The third-order valence-corrected chi connectivity index (χ3v) is 5.01. The van der Waals surface area contributed by atoms with Gasteiger partial charge in [0.25, 0.3) is 0 Å². The van der Waals surface area contributed by atoms with Crippen LogP contribution in [0.1, 0.15) is 43.8 Å². The van der Waals surface area contributed by atoms with Gasteiger partial charge in [-0.1, -0.05) is 38.1 Å². The van der Waals surface area contributed by atoms with E-state index in [-0.39, 0.29) is 18.3 Å². The lowest BCUT2D eigenvalue weighted by Crippen LogP contribution is -2.26. The Balaban J connectivity index is 2.03. The number of carbonyl (C=O) groups is 3. The van der Waals surface area contributed by atoms with E-state index >= 15 is 0 Å². The number of hydrogen-bond acceptors (Lipinski definition) is 7. The van der Waals surface area contributed by atoms with Crippen LogP contribution in [0.5, 0.6) is 0 Å². The Morgan fingerprint density at radius 1 is 1.25 bits per heavy atom. The van der Waals surface area contributed by atoms with Gasteiger partial charge in [0.2, 0.25) is 5.91 Å². The summed E-state index contributed by atoms with van der Waals surface area (Å²) in [6.07, 6.45) is 0. The second-order valence-corrected chi connectivity index (χ2v) is 8.70. The van der Waals surface area contributed by atoms with Gasteiger partial charge in [0.05, 0.1) is 10.8 Å². The van der Waals surface area contributed by atoms with Crippen molar-refractivity contribution in [1.29, 1.82) is 0 Å². The molecule has 28 heavy (non-hydrogen) atoms. The first kappa shape index (κ1) is 21.7. The number of aromatic nitrogens is 1. The number of ether oxygens (including phenoxy) is 1. The maximum atomic E-state index is 12.4. The number of benzene rings is 1. The zero-order chi connectivity index (χ0) is 20.9. The van der Waals surface area contributed by atoms with Crippen molar-refractivity contribution in [2.75, 3.05) is 11.9 Å². The van der Waals surface area contributed by atoms with Gasteiger partial charge in [-0.05, 0) is 26.0 Å². The fourth-order valence-electron chi connectivity index (χ4n) is 2.06. The number of amides is 1. The molecule has 0 saturated heterocycles. The Kier molecular flexibility index (Phi) is 7.01. The summed E-state index contributed by atoms with van der Waals surface area (Å²) in [6, 6.07) is 8.43. The lowest BCUT2D eigenvalue weighted by atomic mass is 9.91. The van der Waals surface area contributed by atoms with E-state index in [1.165, 1.54) is 11.8 Å². The van der Waals surface area contributed by atoms with Crippen LogP contribution < -0.4 is 5.32 Å². The van der Waals surface area contributed by atoms with Crippen molar-refractivity contribution >= 4 is 35.2 Å². The van der Waals surface area contributed by atoms with Crippen LogP contribution in [0.3, 0.4) is 0 Å². The molecular formula is C20H24N2O5S. The van der Waals surface area contributed by atoms with Crippen molar-refractivity contribution in [1.82, 2.24) is 5.16 Å². The molecule has 0 aliphatic carbocycles. The Bertz CT molecular complexity index is 869. The number of aryl methyl sites for hydroxylation is 1. The molecule has 0 aliphatic heterocycles. The fourth-order valence-corrected chi connectivity index (χ4v) is 3.04. The second-order valence-electron chi connectivity index (χ2n) is 7.32. The number of anilines is 1. The van der Waals surface area contributed by atoms with Gasteiger partial charge in [0.15, 0.2) is 18.2 Å². The predicted molar refractivity (Wildman–Crippen MR) is 106 cm³/mol. The van der Waals surface area contributed by atoms with Crippen molar-refractivity contribution in [3.05, 3.63) is 41.7 Å². The Morgan fingerprint density at radius 2 is 1.93 bits per heavy atom. The van der Waals surface area contributed by atoms with E-state index in [2.05, 4.69) is 10.5 Å². The molecule has 0 fully saturated rings. The van der Waals surface area contributed by atoms with Crippen LogP contribution in [0, 0.1) is 12.3 Å². The number of thioether (sulfide) groups is 1. The molecule has 0 radical (unpaired) electrons. The van der Waals surface area contributed by atoms with Gasteiger partial charge in [0, 0.05) is 16.4 Å². The smallest absolute Gasteiger partial charge is 0.339 e. The van der Waals surface area contributed by atoms with Crippen molar-refractivity contribution in [2.24, 2.45) is 5.41 Å². The number of carbonyl (C=O) groups excluding carboxylic acids is 3. The van der Waals surface area contributed by atoms with E-state index in [9.17, 15) is 14.4 Å². The maximum Gasteiger partial charge on any atom is 0.339 e. The number of esters is 1. The van der Waals surface area contributed by atoms with Crippen LogP contribution in [-0.4, -0.2) is 34.7 Å². The van der Waals surface area contributed by atoms with Gasteiger partial charge in [-0.3, -0.25) is 9.59 Å². The normalized spacial score (nSPS) is 12.3. The highest BCUT2D eigenvalue weighted by Gasteiger charge is 2.24. The van der Waals surface area contributed by atoms with E-state index < -0.39 is 16.6 Å². The average molecular weight is 404 g/mol. The quantitative estimate of drug-likeness (QED) is 0.552. The molecule has 1 amide bonds. The summed E-state index contributed by atoms with van der Waals surface area (Å²) < 4.78 is 10.1. The summed E-state index contributed by atoms with van der Waals surface area (Å²) in [7, 11) is 0. The number of nitrogens with one attached hydrogen (secondary N) is 1. The molecule has 0 bridgehead atoms. The molecule has 0 saturated carbocycles. The first-order valence-electron chi connectivity index (χ1n) is 8.78. The van der Waals surface area contributed by atoms with Crippen LogP contribution in [0.4, 0.5) is 5.82 Å². The fraction of sp³-hybridized carbons (Fsp3) is 0.400. The molecule has 1 unspecified atom stereocenters. The first-order chi connectivity index (χ1) is 13.1. The Labute approximate surface area is 168 Å². The summed E-state index contributed by atoms with van der Waals surface area (Å²) in [4.78, 5) is 37.4. The van der Waals surface area contributed by atoms with Crippen molar-refractivity contribution in [3.63, 3.8) is 0 Å². The van der Waals surface area contributed by atoms with Gasteiger partial charge in [-0.2, -0.15) is 0 Å². The van der Waals surface area contributed by atoms with Crippen molar-refractivity contribution in [2.45, 2.75) is 44.8 Å². The standard InChI is InChI=1S/C20H24N2O5S/c1-12-10-17(22-27-12)21-18(24)13(2)28-15-9-7-6-8-14(15)19(25)26-11-16(23)20(3,4)5/h6-10,13H,11H2,1-5H3,(H,21,22,24). The largest absolute Gasteiger partial charge is 0.454 e. The van der Waals surface area contributed by atoms with Crippen molar-refractivity contribution < 1.29 is 23.6 Å². The van der Waals surface area contributed by atoms with E-state index in [0.717, 1.165) is 0 Å². The summed E-state index contributed by atoms with van der Waals surface area (Å²) >= 11 is 1.22. The van der Waals surface area contributed by atoms with Crippen LogP contribution >= 0.6 is 11.8 Å². The van der Waals surface area contributed by atoms with Gasteiger partial charge >= 0.3 is 5.97 Å². The topological polar surface area (TPSA) is 98.5 Å². The van der Waals surface area contributed by atoms with Crippen LogP contribution in [0.2, 0.25) is 0 Å². The molecular weight excluding hydrogens is 380 g/mol. The van der Waals surface area contributed by atoms with Crippen LogP contribution in [0.25, 0.3) is 0 Å². The minimum Gasteiger partial charge on any atom is -0.454 e. The average Bonchev–Trinajstić information content (AvgIpc) is 3.03. The molecule has 1 aromatic carbocycles. The molecule has 150 valence electrons. The SMILES string of the molecule is Cc1cc(NC(=O)C(C)Sc2ccccc2C(=O)OCC(=O)C(C)(C)C)no1. The summed E-state index contributed by atoms with van der Waals surface area (Å²) in [5.74, 6) is -0.108. The molecule has 0 aliphatic rings. The van der Waals surface area contributed by atoms with Crippen molar-refractivity contribution in [3.8, 4) is 0 Å². The molecule has 0 spiro atoms. The number of nitrogens with zero attached hydrogens (tertiary/aromatic N) is 1. The third kappa shape index (κ3) is 5.95. The summed E-state index contributed by atoms with van der Waals surface area (Å²) in [6.45, 7) is 8.46. The van der Waals surface area contributed by atoms with E-state index in [1.807, 2.05) is 0 Å². The van der Waals surface area contributed by atoms with Crippen LogP contribution in [-0.2, 0) is 14.3 Å². The molecule has 1 atom stereocenters. The molecule has 1 aromatic heterocycles. The molecule has 8 heteroatoms. The lowest BCUT2D eigenvalue weighted by molar-refractivity contribution is -0.129. The van der Waals surface area contributed by atoms with Gasteiger partial charge in [-0.15, -0.1) is 11.8 Å². The minimum atomic E-state index is -0.597. The number of ketones is 1. The van der Waals surface area contributed by atoms with Crippen LogP contribution in [0.15, 0.2) is 39.8 Å². The van der Waals surface area contributed by atoms with Gasteiger partial charge in [-0.25, -0.2) is 4.79 Å². The zero-order valence-corrected chi connectivity index (χ0v) is 17.4. The third-order valence-electron chi connectivity index (χ3n) is 3.83. The lowest BCUT2D eigenvalue weighted by Gasteiger charge is -2.17.